The van der Waals surface area contributed by atoms with Gasteiger partial charge in [-0.3, -0.25) is 4.90 Å². The third-order valence-corrected chi connectivity index (χ3v) is 2.42. The molecule has 16 heavy (non-hydrogen) atoms. The van der Waals surface area contributed by atoms with E-state index in [-0.39, 0.29) is 5.82 Å². The Morgan fingerprint density at radius 3 is 2.75 bits per heavy atom. The van der Waals surface area contributed by atoms with Crippen molar-refractivity contribution in [3.63, 3.8) is 0 Å². The molecule has 0 saturated heterocycles. The number of benzene rings is 1. The van der Waals surface area contributed by atoms with Gasteiger partial charge in [-0.05, 0) is 26.1 Å². The van der Waals surface area contributed by atoms with Gasteiger partial charge in [0.05, 0.1) is 6.10 Å². The Labute approximate surface area is 95.7 Å². The lowest BCUT2D eigenvalue weighted by Crippen LogP contribution is -2.30. The van der Waals surface area contributed by atoms with Gasteiger partial charge in [-0.25, -0.2) is 4.39 Å². The van der Waals surface area contributed by atoms with E-state index in [1.165, 1.54) is 6.07 Å². The summed E-state index contributed by atoms with van der Waals surface area (Å²) in [5.41, 5.74) is 5.99. The first-order valence-electron chi connectivity index (χ1n) is 5.43. The number of nitrogens with two attached hydrogens (primary N) is 1. The second kappa shape index (κ2) is 6.58. The molecule has 1 aromatic carbocycles. The molecule has 4 heteroatoms. The van der Waals surface area contributed by atoms with Crippen LogP contribution in [0.1, 0.15) is 12.0 Å². The predicted molar refractivity (Wildman–Crippen MR) is 62.4 cm³/mol. The summed E-state index contributed by atoms with van der Waals surface area (Å²) in [4.78, 5) is 1.89. The van der Waals surface area contributed by atoms with E-state index in [4.69, 9.17) is 5.73 Å². The number of hydrogen-bond acceptors (Lipinski definition) is 3. The zero-order chi connectivity index (χ0) is 12.0. The van der Waals surface area contributed by atoms with E-state index < -0.39 is 6.10 Å². The lowest BCUT2D eigenvalue weighted by Gasteiger charge is -2.20. The van der Waals surface area contributed by atoms with Gasteiger partial charge >= 0.3 is 0 Å². The summed E-state index contributed by atoms with van der Waals surface area (Å²) >= 11 is 0. The first kappa shape index (κ1) is 13.1. The van der Waals surface area contributed by atoms with Crippen LogP contribution in [0.3, 0.4) is 0 Å². The van der Waals surface area contributed by atoms with E-state index in [1.807, 2.05) is 18.0 Å². The first-order chi connectivity index (χ1) is 7.63. The highest BCUT2D eigenvalue weighted by molar-refractivity contribution is 5.16. The quantitative estimate of drug-likeness (QED) is 0.760. The average Bonchev–Trinajstić information content (AvgIpc) is 2.21. The van der Waals surface area contributed by atoms with Gasteiger partial charge in [0.15, 0.2) is 0 Å². The molecule has 0 heterocycles. The number of halogens is 1. The van der Waals surface area contributed by atoms with Gasteiger partial charge in [0.2, 0.25) is 0 Å². The molecule has 0 radical (unpaired) electrons. The molecule has 0 aliphatic carbocycles. The lowest BCUT2D eigenvalue weighted by atomic mass is 10.2. The minimum absolute atomic E-state index is 0.206. The summed E-state index contributed by atoms with van der Waals surface area (Å²) < 4.78 is 13.3. The summed E-state index contributed by atoms with van der Waals surface area (Å²) in [6.07, 6.45) is 0.128. The first-order valence-corrected chi connectivity index (χ1v) is 5.43. The number of nitrogens with zero attached hydrogens (tertiary/aromatic N) is 1. The smallest absolute Gasteiger partial charge is 0.127 e. The summed E-state index contributed by atoms with van der Waals surface area (Å²) in [6.45, 7) is 1.47. The van der Waals surface area contributed by atoms with Crippen LogP contribution in [0.25, 0.3) is 0 Å². The zero-order valence-corrected chi connectivity index (χ0v) is 9.56. The molecule has 1 rings (SSSR count). The second-order valence-corrected chi connectivity index (χ2v) is 4.02. The molecule has 0 aliphatic heterocycles. The summed E-state index contributed by atoms with van der Waals surface area (Å²) in [5, 5.41) is 9.55. The summed E-state index contributed by atoms with van der Waals surface area (Å²) in [5.74, 6) is -0.206. The Bertz CT molecular complexity index is 320. The average molecular weight is 226 g/mol. The maximum atomic E-state index is 13.3. The second-order valence-electron chi connectivity index (χ2n) is 4.02. The van der Waals surface area contributed by atoms with E-state index in [2.05, 4.69) is 0 Å². The van der Waals surface area contributed by atoms with Crippen molar-refractivity contribution in [2.75, 3.05) is 20.1 Å². The fraction of sp³-hybridized carbons (Fsp3) is 0.500. The lowest BCUT2D eigenvalue weighted by molar-refractivity contribution is 0.116. The number of rotatable bonds is 6. The third-order valence-electron chi connectivity index (χ3n) is 2.42. The summed E-state index contributed by atoms with van der Waals surface area (Å²) in [6, 6.07) is 6.67. The molecule has 3 N–H and O–H groups in total. The van der Waals surface area contributed by atoms with Crippen molar-refractivity contribution < 1.29 is 9.50 Å². The van der Waals surface area contributed by atoms with Crippen molar-refractivity contribution in [3.05, 3.63) is 35.6 Å². The maximum Gasteiger partial charge on any atom is 0.127 e. The van der Waals surface area contributed by atoms with Crippen molar-refractivity contribution in [1.29, 1.82) is 0 Å². The van der Waals surface area contributed by atoms with Gasteiger partial charge in [0.25, 0.3) is 0 Å². The number of aliphatic hydroxyl groups is 1. The molecule has 0 bridgehead atoms. The van der Waals surface area contributed by atoms with Crippen LogP contribution in [0.5, 0.6) is 0 Å². The van der Waals surface area contributed by atoms with Gasteiger partial charge < -0.3 is 10.8 Å². The van der Waals surface area contributed by atoms with E-state index in [1.54, 1.807) is 12.1 Å². The van der Waals surface area contributed by atoms with Gasteiger partial charge in [-0.15, -0.1) is 0 Å². The molecule has 0 saturated carbocycles. The van der Waals surface area contributed by atoms with Crippen LogP contribution in [0.4, 0.5) is 4.39 Å². The topological polar surface area (TPSA) is 49.5 Å². The molecule has 90 valence electrons. The normalized spacial score (nSPS) is 13.1. The zero-order valence-electron chi connectivity index (χ0n) is 9.56. The SMILES string of the molecule is CN(Cc1ccccc1F)CC(O)CCN. The van der Waals surface area contributed by atoms with Gasteiger partial charge in [-0.1, -0.05) is 18.2 Å². The third kappa shape index (κ3) is 4.26. The number of aliphatic hydroxyl groups excluding tert-OH is 1. The Hall–Kier alpha value is -0.970. The number of likely N-dealkylation sites (N-methyl/N-ethyl adjacent to an activating group) is 1. The van der Waals surface area contributed by atoms with Crippen molar-refractivity contribution in [2.24, 2.45) is 5.73 Å². The fourth-order valence-electron chi connectivity index (χ4n) is 1.63. The van der Waals surface area contributed by atoms with Crippen LogP contribution < -0.4 is 5.73 Å². The molecule has 1 aromatic rings. The highest BCUT2D eigenvalue weighted by Gasteiger charge is 2.09. The van der Waals surface area contributed by atoms with Gasteiger partial charge in [-0.2, -0.15) is 0 Å². The molecule has 3 nitrogen and oxygen atoms in total. The van der Waals surface area contributed by atoms with Crippen molar-refractivity contribution in [2.45, 2.75) is 19.1 Å². The van der Waals surface area contributed by atoms with Crippen LogP contribution in [0.15, 0.2) is 24.3 Å². The molecule has 0 fully saturated rings. The Kier molecular flexibility index (Phi) is 5.38. The molecular weight excluding hydrogens is 207 g/mol. The van der Waals surface area contributed by atoms with Crippen LogP contribution in [0, 0.1) is 5.82 Å². The van der Waals surface area contributed by atoms with Crippen LogP contribution in [0.2, 0.25) is 0 Å². The molecule has 0 amide bonds. The highest BCUT2D eigenvalue weighted by Crippen LogP contribution is 2.09. The molecule has 0 aliphatic rings. The standard InChI is InChI=1S/C12H19FN2O/c1-15(9-11(16)6-7-14)8-10-4-2-3-5-12(10)13/h2-5,11,16H,6-9,14H2,1H3. The minimum Gasteiger partial charge on any atom is -0.392 e. The fourth-order valence-corrected chi connectivity index (χ4v) is 1.63. The van der Waals surface area contributed by atoms with E-state index >= 15 is 0 Å². The Morgan fingerprint density at radius 2 is 2.12 bits per heavy atom. The van der Waals surface area contributed by atoms with Gasteiger partial charge in [0, 0.05) is 18.7 Å². The van der Waals surface area contributed by atoms with E-state index in [0.717, 1.165) is 0 Å². The molecule has 0 aromatic heterocycles. The van der Waals surface area contributed by atoms with Crippen LogP contribution in [-0.2, 0) is 6.54 Å². The largest absolute Gasteiger partial charge is 0.392 e. The van der Waals surface area contributed by atoms with E-state index in [0.29, 0.717) is 31.6 Å². The number of hydrogen-bond donors (Lipinski definition) is 2. The molecule has 1 unspecified atom stereocenters. The Morgan fingerprint density at radius 1 is 1.44 bits per heavy atom. The molecular formula is C12H19FN2O. The predicted octanol–water partition coefficient (Wildman–Crippen LogP) is 0.967. The monoisotopic (exact) mass is 226 g/mol. The highest BCUT2D eigenvalue weighted by atomic mass is 19.1. The minimum atomic E-state index is -0.443. The van der Waals surface area contributed by atoms with Crippen LogP contribution in [-0.4, -0.2) is 36.2 Å². The maximum absolute atomic E-state index is 13.3. The molecule has 0 spiro atoms. The van der Waals surface area contributed by atoms with Gasteiger partial charge in [0.1, 0.15) is 5.82 Å². The van der Waals surface area contributed by atoms with Crippen molar-refractivity contribution in [1.82, 2.24) is 4.90 Å². The Balaban J connectivity index is 2.45. The van der Waals surface area contributed by atoms with E-state index in [9.17, 15) is 9.50 Å². The van der Waals surface area contributed by atoms with Crippen molar-refractivity contribution >= 4 is 0 Å². The van der Waals surface area contributed by atoms with Crippen LogP contribution >= 0.6 is 0 Å². The van der Waals surface area contributed by atoms with Crippen molar-refractivity contribution in [3.8, 4) is 0 Å². The summed E-state index contributed by atoms with van der Waals surface area (Å²) in [7, 11) is 1.85. The molecule has 1 atom stereocenters.